The van der Waals surface area contributed by atoms with E-state index < -0.39 is 5.54 Å². The Labute approximate surface area is 152 Å². The molecule has 25 heavy (non-hydrogen) atoms. The van der Waals surface area contributed by atoms with Crippen LogP contribution >= 0.6 is 11.8 Å². The van der Waals surface area contributed by atoms with Gasteiger partial charge in [-0.3, -0.25) is 9.89 Å². The Balaban J connectivity index is 1.95. The van der Waals surface area contributed by atoms with E-state index in [1.54, 1.807) is 6.92 Å². The molecule has 1 amide bonds. The summed E-state index contributed by atoms with van der Waals surface area (Å²) in [5.74, 6) is 0.652. The lowest BCUT2D eigenvalue weighted by molar-refractivity contribution is -0.120. The summed E-state index contributed by atoms with van der Waals surface area (Å²) in [6.07, 6.45) is 0.991. The van der Waals surface area contributed by atoms with Crippen LogP contribution in [0.1, 0.15) is 33.3 Å². The summed E-state index contributed by atoms with van der Waals surface area (Å²) in [5.41, 5.74) is 1.35. The summed E-state index contributed by atoms with van der Waals surface area (Å²) in [6.45, 7) is 7.65. The van der Waals surface area contributed by atoms with Gasteiger partial charge in [-0.25, -0.2) is 4.98 Å². The lowest BCUT2D eigenvalue weighted by Gasteiger charge is -2.27. The Morgan fingerprint density at radius 2 is 2.08 bits per heavy atom. The molecule has 2 aromatic rings. The first-order valence-electron chi connectivity index (χ1n) is 8.24. The van der Waals surface area contributed by atoms with Crippen LogP contribution in [0.25, 0.3) is 11.4 Å². The van der Waals surface area contributed by atoms with Crippen LogP contribution in [-0.4, -0.2) is 32.4 Å². The number of nitrogens with zero attached hydrogens (tertiary/aromatic N) is 3. The highest BCUT2D eigenvalue weighted by atomic mass is 32.2. The summed E-state index contributed by atoms with van der Waals surface area (Å²) in [6, 6.07) is 10.3. The zero-order valence-corrected chi connectivity index (χ0v) is 15.8. The summed E-state index contributed by atoms with van der Waals surface area (Å²) >= 11 is 1.24. The van der Waals surface area contributed by atoms with E-state index in [1.807, 2.05) is 26.0 Å². The summed E-state index contributed by atoms with van der Waals surface area (Å²) in [7, 11) is 0. The van der Waals surface area contributed by atoms with Crippen molar-refractivity contribution in [1.82, 2.24) is 20.5 Å². The van der Waals surface area contributed by atoms with Gasteiger partial charge in [-0.1, -0.05) is 56.8 Å². The number of rotatable bonds is 7. The Hall–Kier alpha value is -2.33. The van der Waals surface area contributed by atoms with Gasteiger partial charge in [0.25, 0.3) is 0 Å². The third kappa shape index (κ3) is 4.83. The maximum Gasteiger partial charge on any atom is 0.231 e. The maximum atomic E-state index is 12.1. The van der Waals surface area contributed by atoms with Gasteiger partial charge in [-0.2, -0.15) is 5.26 Å². The molecule has 2 rings (SSSR count). The minimum absolute atomic E-state index is 0.0210. The quantitative estimate of drug-likeness (QED) is 0.742. The minimum Gasteiger partial charge on any atom is -0.337 e. The van der Waals surface area contributed by atoms with Crippen LogP contribution in [0.4, 0.5) is 0 Å². The molecule has 1 heterocycles. The normalized spacial score (nSPS) is 13.3. The fraction of sp³-hybridized carbons (Fsp3) is 0.444. The van der Waals surface area contributed by atoms with Crippen molar-refractivity contribution < 1.29 is 4.79 Å². The molecule has 6 nitrogen and oxygen atoms in total. The van der Waals surface area contributed by atoms with Crippen LogP contribution < -0.4 is 5.32 Å². The molecule has 0 saturated heterocycles. The number of amides is 1. The van der Waals surface area contributed by atoms with Crippen LogP contribution in [0.3, 0.4) is 0 Å². The zero-order valence-electron chi connectivity index (χ0n) is 15.0. The van der Waals surface area contributed by atoms with Crippen molar-refractivity contribution in [3.8, 4) is 17.5 Å². The van der Waals surface area contributed by atoms with E-state index in [2.05, 4.69) is 45.6 Å². The van der Waals surface area contributed by atoms with Crippen LogP contribution in [0, 0.1) is 17.2 Å². The van der Waals surface area contributed by atoms with Gasteiger partial charge in [0.15, 0.2) is 5.82 Å². The molecule has 0 unspecified atom stereocenters. The number of hydrogen-bond donors (Lipinski definition) is 2. The molecule has 0 aliphatic carbocycles. The van der Waals surface area contributed by atoms with Gasteiger partial charge in [0.1, 0.15) is 5.54 Å². The number of aromatic amines is 1. The van der Waals surface area contributed by atoms with Gasteiger partial charge in [0, 0.05) is 5.56 Å². The first kappa shape index (κ1) is 19.0. The molecule has 0 aliphatic rings. The summed E-state index contributed by atoms with van der Waals surface area (Å²) in [5, 5.41) is 19.6. The van der Waals surface area contributed by atoms with E-state index in [-0.39, 0.29) is 17.6 Å². The lowest BCUT2D eigenvalue weighted by Crippen LogP contribution is -2.49. The highest BCUT2D eigenvalue weighted by Gasteiger charge is 2.29. The number of thioether (sulfide) groups is 1. The van der Waals surface area contributed by atoms with Crippen molar-refractivity contribution in [1.29, 1.82) is 5.26 Å². The number of aryl methyl sites for hydroxylation is 1. The van der Waals surface area contributed by atoms with Crippen molar-refractivity contribution in [2.24, 2.45) is 5.92 Å². The van der Waals surface area contributed by atoms with E-state index in [1.165, 1.54) is 17.3 Å². The molecule has 1 aromatic heterocycles. The van der Waals surface area contributed by atoms with E-state index >= 15 is 0 Å². The lowest BCUT2D eigenvalue weighted by atomic mass is 9.90. The first-order valence-corrected chi connectivity index (χ1v) is 9.23. The minimum atomic E-state index is -0.872. The number of carbonyl (C=O) groups excluding carboxylic acids is 1. The molecule has 0 spiro atoms. The van der Waals surface area contributed by atoms with Gasteiger partial charge in [0.05, 0.1) is 11.8 Å². The average Bonchev–Trinajstić information content (AvgIpc) is 3.08. The van der Waals surface area contributed by atoms with E-state index in [4.69, 9.17) is 0 Å². The first-order chi connectivity index (χ1) is 11.9. The topological polar surface area (TPSA) is 94.5 Å². The third-order valence-electron chi connectivity index (χ3n) is 4.22. The number of H-pyrrole nitrogens is 1. The van der Waals surface area contributed by atoms with Crippen molar-refractivity contribution in [3.05, 3.63) is 29.8 Å². The molecule has 0 saturated carbocycles. The second-order valence-corrected chi connectivity index (χ2v) is 7.27. The largest absolute Gasteiger partial charge is 0.337 e. The standard InChI is InChI=1S/C18H23N5OS/c1-5-13-6-8-14(9-7-13)16-20-17(23-22-16)25-10-15(24)21-18(4,11-19)12(2)3/h6-9,12H,5,10H2,1-4H3,(H,21,24)(H,20,22,23)/t18-/m1/s1. The van der Waals surface area contributed by atoms with Gasteiger partial charge in [0.2, 0.25) is 11.1 Å². The van der Waals surface area contributed by atoms with E-state index in [9.17, 15) is 10.1 Å². The monoisotopic (exact) mass is 357 g/mol. The Bertz CT molecular complexity index is 763. The summed E-state index contributed by atoms with van der Waals surface area (Å²) < 4.78 is 0. The van der Waals surface area contributed by atoms with Crippen molar-refractivity contribution in [2.75, 3.05) is 5.75 Å². The number of nitrogens with one attached hydrogen (secondary N) is 2. The van der Waals surface area contributed by atoms with Gasteiger partial charge in [-0.15, -0.1) is 5.10 Å². The van der Waals surface area contributed by atoms with Crippen LogP contribution in [0.2, 0.25) is 0 Å². The Morgan fingerprint density at radius 1 is 1.40 bits per heavy atom. The zero-order chi connectivity index (χ0) is 18.4. The molecule has 0 radical (unpaired) electrons. The number of aromatic nitrogens is 3. The predicted octanol–water partition coefficient (Wildman–Crippen LogP) is 3.18. The molecule has 1 atom stereocenters. The number of hydrogen-bond acceptors (Lipinski definition) is 5. The number of nitriles is 1. The van der Waals surface area contributed by atoms with E-state index in [0.29, 0.717) is 11.0 Å². The number of carbonyl (C=O) groups is 1. The molecule has 0 bridgehead atoms. The molecular weight excluding hydrogens is 334 g/mol. The molecular formula is C18H23N5OS. The second-order valence-electron chi connectivity index (χ2n) is 6.32. The Kier molecular flexibility index (Phi) is 6.21. The third-order valence-corrected chi connectivity index (χ3v) is 5.07. The van der Waals surface area contributed by atoms with Crippen LogP contribution in [0.5, 0.6) is 0 Å². The van der Waals surface area contributed by atoms with Crippen molar-refractivity contribution in [2.45, 2.75) is 44.8 Å². The second kappa shape index (κ2) is 8.17. The van der Waals surface area contributed by atoms with Gasteiger partial charge < -0.3 is 5.32 Å². The average molecular weight is 357 g/mol. The molecule has 1 aromatic carbocycles. The van der Waals surface area contributed by atoms with E-state index in [0.717, 1.165) is 12.0 Å². The fourth-order valence-electron chi connectivity index (χ4n) is 2.10. The fourth-order valence-corrected chi connectivity index (χ4v) is 2.69. The summed E-state index contributed by atoms with van der Waals surface area (Å²) in [4.78, 5) is 16.5. The predicted molar refractivity (Wildman–Crippen MR) is 98.9 cm³/mol. The SMILES string of the molecule is CCc1ccc(-c2nc(SCC(=O)N[C@](C)(C#N)C(C)C)n[nH]2)cc1. The van der Waals surface area contributed by atoms with Gasteiger partial charge in [-0.05, 0) is 24.8 Å². The van der Waals surface area contributed by atoms with Crippen molar-refractivity contribution >= 4 is 17.7 Å². The highest BCUT2D eigenvalue weighted by Crippen LogP contribution is 2.20. The highest BCUT2D eigenvalue weighted by molar-refractivity contribution is 7.99. The van der Waals surface area contributed by atoms with Crippen LogP contribution in [-0.2, 0) is 11.2 Å². The molecule has 2 N–H and O–H groups in total. The number of benzene rings is 1. The maximum absolute atomic E-state index is 12.1. The molecule has 132 valence electrons. The van der Waals surface area contributed by atoms with Gasteiger partial charge >= 0.3 is 0 Å². The smallest absolute Gasteiger partial charge is 0.231 e. The molecule has 0 aliphatic heterocycles. The Morgan fingerprint density at radius 3 is 2.64 bits per heavy atom. The van der Waals surface area contributed by atoms with Crippen molar-refractivity contribution in [3.63, 3.8) is 0 Å². The molecule has 0 fully saturated rings. The van der Waals surface area contributed by atoms with Crippen LogP contribution in [0.15, 0.2) is 29.4 Å². The molecule has 7 heteroatoms.